The summed E-state index contributed by atoms with van der Waals surface area (Å²) in [5, 5.41) is 0. The highest BCUT2D eigenvalue weighted by Crippen LogP contribution is 1.57. The molecule has 0 fully saturated rings. The average Bonchev–Trinajstić information content (AvgIpc) is 1.69. The summed E-state index contributed by atoms with van der Waals surface area (Å²) in [4.78, 5) is 16.5. The molecule has 0 amide bonds. The van der Waals surface area contributed by atoms with Crippen LogP contribution >= 0.6 is 0 Å². The Morgan fingerprint density at radius 2 is 2.57 bits per heavy atom. The minimum Gasteiger partial charge on any atom is -0.397 e. The molecule has 0 saturated carbocycles. The van der Waals surface area contributed by atoms with E-state index in [4.69, 9.17) is 0 Å². The van der Waals surface area contributed by atoms with Gasteiger partial charge in [-0.2, -0.15) is 4.98 Å². The molecule has 7 heavy (non-hydrogen) atoms. The Morgan fingerprint density at radius 3 is 2.86 bits per heavy atom. The molecule has 1 rings (SSSR count). The van der Waals surface area contributed by atoms with Crippen molar-refractivity contribution in [3.63, 3.8) is 0 Å². The Hall–Kier alpha value is -1.19. The summed E-state index contributed by atoms with van der Waals surface area (Å²) in [6.45, 7) is 0. The Bertz CT molecular complexity index is 177. The average molecular weight is 98.1 g/mol. The summed E-state index contributed by atoms with van der Waals surface area (Å²) in [6, 6.07) is 0. The van der Waals surface area contributed by atoms with Crippen molar-refractivity contribution < 1.29 is 4.42 Å². The molecule has 0 radical (unpaired) electrons. The minimum atomic E-state index is -0.616. The van der Waals surface area contributed by atoms with Gasteiger partial charge >= 0.3 is 5.76 Å². The summed E-state index contributed by atoms with van der Waals surface area (Å²) in [6.07, 6.45) is 2.17. The van der Waals surface area contributed by atoms with Gasteiger partial charge in [0, 0.05) is 0 Å². The highest BCUT2D eigenvalue weighted by atomic mass is 16.4. The zero-order valence-corrected chi connectivity index (χ0v) is 3.37. The fourth-order valence-corrected chi connectivity index (χ4v) is 0.214. The van der Waals surface area contributed by atoms with Gasteiger partial charge in [0.2, 0.25) is 0 Å². The molecular formula is C3H2N2O2. The molecule has 0 aliphatic carbocycles. The van der Waals surface area contributed by atoms with Crippen molar-refractivity contribution in [3.8, 4) is 0 Å². The third-order valence-electron chi connectivity index (χ3n) is 0.444. The van der Waals surface area contributed by atoms with Crippen molar-refractivity contribution >= 4 is 0 Å². The fourth-order valence-electron chi connectivity index (χ4n) is 0.214. The van der Waals surface area contributed by atoms with Gasteiger partial charge in [-0.05, 0) is 0 Å². The predicted octanol–water partition coefficient (Wildman–Crippen LogP) is -0.570. The van der Waals surface area contributed by atoms with E-state index < -0.39 is 5.76 Å². The van der Waals surface area contributed by atoms with Crippen molar-refractivity contribution in [1.29, 1.82) is 0 Å². The van der Waals surface area contributed by atoms with Gasteiger partial charge in [0.1, 0.15) is 6.33 Å². The van der Waals surface area contributed by atoms with Crippen LogP contribution in [0.5, 0.6) is 0 Å². The third kappa shape index (κ3) is 0.819. The van der Waals surface area contributed by atoms with Gasteiger partial charge < -0.3 is 4.42 Å². The topological polar surface area (TPSA) is 56.0 Å². The van der Waals surface area contributed by atoms with E-state index in [2.05, 4.69) is 14.4 Å². The predicted molar refractivity (Wildman–Crippen MR) is 20.6 cm³/mol. The quantitative estimate of drug-likeness (QED) is 0.436. The van der Waals surface area contributed by atoms with Crippen LogP contribution in [0, 0.1) is 0 Å². The highest BCUT2D eigenvalue weighted by Gasteiger charge is 1.75. The van der Waals surface area contributed by atoms with Crippen LogP contribution in [0.4, 0.5) is 0 Å². The van der Waals surface area contributed by atoms with Crippen LogP contribution in [-0.2, 0) is 0 Å². The Labute approximate surface area is 38.8 Å². The molecule has 1 heterocycles. The number of aromatic nitrogens is 2. The maximum Gasteiger partial charge on any atom is 0.441 e. The van der Waals surface area contributed by atoms with Gasteiger partial charge in [0.15, 0.2) is 6.39 Å². The van der Waals surface area contributed by atoms with Crippen molar-refractivity contribution in [3.05, 3.63) is 23.3 Å². The standard InChI is InChI=1S/C3H2N2O2/c6-3-5-1-4-2-7-3/h1-2H. The molecule has 4 nitrogen and oxygen atoms in total. The van der Waals surface area contributed by atoms with E-state index in [1.165, 1.54) is 0 Å². The summed E-state index contributed by atoms with van der Waals surface area (Å²) < 4.78 is 4.15. The van der Waals surface area contributed by atoms with E-state index in [9.17, 15) is 4.79 Å². The van der Waals surface area contributed by atoms with Crippen LogP contribution in [-0.4, -0.2) is 9.97 Å². The molecule has 0 bridgehead atoms. The number of hydrogen-bond acceptors (Lipinski definition) is 4. The maximum absolute atomic E-state index is 9.95. The number of rotatable bonds is 0. The smallest absolute Gasteiger partial charge is 0.397 e. The monoisotopic (exact) mass is 98.0 g/mol. The molecule has 0 aliphatic heterocycles. The molecule has 0 aliphatic rings. The molecule has 0 atom stereocenters. The summed E-state index contributed by atoms with van der Waals surface area (Å²) in [5.41, 5.74) is 0. The first-order valence-corrected chi connectivity index (χ1v) is 1.64. The van der Waals surface area contributed by atoms with Crippen LogP contribution < -0.4 is 5.76 Å². The number of nitrogens with zero attached hydrogens (tertiary/aromatic N) is 2. The second-order valence-electron chi connectivity index (χ2n) is 0.883. The highest BCUT2D eigenvalue weighted by molar-refractivity contribution is 4.47. The van der Waals surface area contributed by atoms with Crippen LogP contribution in [0.15, 0.2) is 21.9 Å². The Balaban J connectivity index is 3.28. The van der Waals surface area contributed by atoms with Crippen LogP contribution in [0.25, 0.3) is 0 Å². The molecular weight excluding hydrogens is 96.0 g/mol. The van der Waals surface area contributed by atoms with Crippen molar-refractivity contribution in [1.82, 2.24) is 9.97 Å². The van der Waals surface area contributed by atoms with E-state index in [1.54, 1.807) is 0 Å². The van der Waals surface area contributed by atoms with Gasteiger partial charge in [-0.25, -0.2) is 9.78 Å². The summed E-state index contributed by atoms with van der Waals surface area (Å²) in [5.74, 6) is -0.616. The summed E-state index contributed by atoms with van der Waals surface area (Å²) >= 11 is 0. The second-order valence-corrected chi connectivity index (χ2v) is 0.883. The SMILES string of the molecule is O=c1ncnco1. The molecule has 1 aromatic heterocycles. The van der Waals surface area contributed by atoms with E-state index in [-0.39, 0.29) is 0 Å². The first-order chi connectivity index (χ1) is 3.39. The molecule has 36 valence electrons. The van der Waals surface area contributed by atoms with E-state index in [1.807, 2.05) is 0 Å². The molecule has 0 spiro atoms. The lowest BCUT2D eigenvalue weighted by molar-refractivity contribution is 0.461. The maximum atomic E-state index is 9.95. The lowest BCUT2D eigenvalue weighted by atomic mass is 11.2. The molecule has 0 N–H and O–H groups in total. The van der Waals surface area contributed by atoms with Gasteiger partial charge in [-0.15, -0.1) is 0 Å². The van der Waals surface area contributed by atoms with E-state index >= 15 is 0 Å². The Kier molecular flexibility index (Phi) is 0.856. The minimum absolute atomic E-state index is 0.616. The largest absolute Gasteiger partial charge is 0.441 e. The van der Waals surface area contributed by atoms with Gasteiger partial charge in [0.25, 0.3) is 0 Å². The lowest BCUT2D eigenvalue weighted by Gasteiger charge is -1.71. The number of hydrogen-bond donors (Lipinski definition) is 0. The molecule has 0 aromatic carbocycles. The van der Waals surface area contributed by atoms with Gasteiger partial charge in [-0.3, -0.25) is 0 Å². The zero-order chi connectivity index (χ0) is 5.11. The molecule has 4 heteroatoms. The van der Waals surface area contributed by atoms with Crippen molar-refractivity contribution in [2.75, 3.05) is 0 Å². The normalized spacial score (nSPS) is 8.57. The first kappa shape index (κ1) is 3.98. The fraction of sp³-hybridized carbons (Fsp3) is 0. The molecule has 0 unspecified atom stereocenters. The summed E-state index contributed by atoms with van der Waals surface area (Å²) in [7, 11) is 0. The van der Waals surface area contributed by atoms with Crippen molar-refractivity contribution in [2.24, 2.45) is 0 Å². The van der Waals surface area contributed by atoms with E-state index in [0.717, 1.165) is 12.7 Å². The first-order valence-electron chi connectivity index (χ1n) is 1.64. The second kappa shape index (κ2) is 1.51. The molecule has 0 saturated heterocycles. The van der Waals surface area contributed by atoms with Crippen molar-refractivity contribution in [2.45, 2.75) is 0 Å². The third-order valence-corrected chi connectivity index (χ3v) is 0.444. The van der Waals surface area contributed by atoms with E-state index in [0.29, 0.717) is 0 Å². The van der Waals surface area contributed by atoms with Gasteiger partial charge in [0.05, 0.1) is 0 Å². The zero-order valence-electron chi connectivity index (χ0n) is 3.37. The van der Waals surface area contributed by atoms with Crippen LogP contribution in [0.1, 0.15) is 0 Å². The Morgan fingerprint density at radius 1 is 1.71 bits per heavy atom. The molecule has 1 aromatic rings. The lowest BCUT2D eigenvalue weighted by Crippen LogP contribution is -2.00. The van der Waals surface area contributed by atoms with Gasteiger partial charge in [-0.1, -0.05) is 0 Å². The van der Waals surface area contributed by atoms with Crippen LogP contribution in [0.3, 0.4) is 0 Å². The van der Waals surface area contributed by atoms with Crippen LogP contribution in [0.2, 0.25) is 0 Å².